The molecule has 4 aromatic rings. The van der Waals surface area contributed by atoms with Crippen LogP contribution in [0.15, 0.2) is 70.3 Å². The molecule has 2 aromatic heterocycles. The van der Waals surface area contributed by atoms with E-state index in [1.54, 1.807) is 24.4 Å². The van der Waals surface area contributed by atoms with Crippen molar-refractivity contribution in [1.29, 1.82) is 0 Å². The van der Waals surface area contributed by atoms with Crippen molar-refractivity contribution in [3.63, 3.8) is 0 Å². The maximum absolute atomic E-state index is 12.5. The summed E-state index contributed by atoms with van der Waals surface area (Å²) in [5, 5.41) is 1.23. The molecule has 0 aliphatic heterocycles. The molecule has 0 spiro atoms. The molecule has 0 fully saturated rings. The third-order valence-corrected chi connectivity index (χ3v) is 3.97. The fourth-order valence-electron chi connectivity index (χ4n) is 2.50. The molecule has 6 heteroatoms. The Bertz CT molecular complexity index is 1070. The number of aromatic nitrogens is 3. The summed E-state index contributed by atoms with van der Waals surface area (Å²) in [5.74, 6) is 1.07. The predicted molar refractivity (Wildman–Crippen MR) is 92.1 cm³/mol. The Kier molecular flexibility index (Phi) is 3.63. The van der Waals surface area contributed by atoms with Crippen LogP contribution in [0, 0.1) is 0 Å². The Morgan fingerprint density at radius 1 is 1.04 bits per heavy atom. The van der Waals surface area contributed by atoms with Gasteiger partial charge in [0.15, 0.2) is 5.76 Å². The van der Waals surface area contributed by atoms with E-state index in [9.17, 15) is 4.79 Å². The predicted octanol–water partition coefficient (Wildman–Crippen LogP) is 3.75. The van der Waals surface area contributed by atoms with E-state index in [4.69, 9.17) is 16.0 Å². The molecule has 0 amide bonds. The van der Waals surface area contributed by atoms with Gasteiger partial charge in [-0.3, -0.25) is 9.36 Å². The zero-order chi connectivity index (χ0) is 16.5. The first-order valence-corrected chi connectivity index (χ1v) is 7.73. The van der Waals surface area contributed by atoms with Crippen molar-refractivity contribution in [2.75, 3.05) is 0 Å². The molecule has 0 aliphatic rings. The average Bonchev–Trinajstić information content (AvgIpc) is 3.07. The summed E-state index contributed by atoms with van der Waals surface area (Å²) in [6, 6.07) is 14.5. The summed E-state index contributed by atoms with van der Waals surface area (Å²) >= 11 is 5.89. The number of hydrogen-bond acceptors (Lipinski definition) is 4. The first-order chi connectivity index (χ1) is 11.7. The van der Waals surface area contributed by atoms with Crippen LogP contribution in [0.2, 0.25) is 5.02 Å². The van der Waals surface area contributed by atoms with Gasteiger partial charge in [-0.2, -0.15) is 0 Å². The molecule has 118 valence electrons. The molecule has 24 heavy (non-hydrogen) atoms. The topological polar surface area (TPSA) is 60.9 Å². The number of rotatable bonds is 3. The fourth-order valence-corrected chi connectivity index (χ4v) is 2.62. The maximum Gasteiger partial charge on any atom is 0.261 e. The summed E-state index contributed by atoms with van der Waals surface area (Å²) in [6.45, 7) is 0.226. The van der Waals surface area contributed by atoms with E-state index in [2.05, 4.69) is 9.97 Å². The van der Waals surface area contributed by atoms with Crippen LogP contribution in [0.4, 0.5) is 0 Å². The van der Waals surface area contributed by atoms with Crippen molar-refractivity contribution in [2.45, 2.75) is 6.54 Å². The van der Waals surface area contributed by atoms with Crippen LogP contribution < -0.4 is 5.56 Å². The molecule has 5 nitrogen and oxygen atoms in total. The van der Waals surface area contributed by atoms with Crippen molar-refractivity contribution in [3.8, 4) is 11.3 Å². The minimum Gasteiger partial charge on any atom is -0.439 e. The molecule has 0 radical (unpaired) electrons. The van der Waals surface area contributed by atoms with Crippen LogP contribution in [0.25, 0.3) is 22.2 Å². The lowest BCUT2D eigenvalue weighted by molar-refractivity contribution is 0.484. The van der Waals surface area contributed by atoms with Crippen LogP contribution in [0.1, 0.15) is 5.89 Å². The third kappa shape index (κ3) is 2.70. The van der Waals surface area contributed by atoms with Crippen LogP contribution in [-0.2, 0) is 6.54 Å². The van der Waals surface area contributed by atoms with Crippen LogP contribution >= 0.6 is 11.6 Å². The van der Waals surface area contributed by atoms with Crippen molar-refractivity contribution in [3.05, 3.63) is 82.3 Å². The molecule has 0 saturated heterocycles. The second kappa shape index (κ2) is 5.94. The number of benzene rings is 2. The van der Waals surface area contributed by atoms with Crippen molar-refractivity contribution in [1.82, 2.24) is 14.5 Å². The lowest BCUT2D eigenvalue weighted by Gasteiger charge is -2.03. The normalized spacial score (nSPS) is 11.0. The Hall–Kier alpha value is -2.92. The van der Waals surface area contributed by atoms with E-state index in [0.717, 1.165) is 5.56 Å². The number of halogens is 1. The molecule has 0 saturated carbocycles. The summed E-state index contributed by atoms with van der Waals surface area (Å²) in [5.41, 5.74) is 1.43. The molecule has 0 N–H and O–H groups in total. The van der Waals surface area contributed by atoms with Crippen LogP contribution in [-0.4, -0.2) is 14.5 Å². The SMILES string of the molecule is O=c1c2ccccc2ncn1Cc1ncc(-c2ccc(Cl)cc2)o1. The minimum absolute atomic E-state index is 0.119. The number of para-hydroxylation sites is 1. The summed E-state index contributed by atoms with van der Waals surface area (Å²) in [7, 11) is 0. The van der Waals surface area contributed by atoms with Crippen LogP contribution in [0.3, 0.4) is 0 Å². The van der Waals surface area contributed by atoms with Gasteiger partial charge in [-0.25, -0.2) is 9.97 Å². The third-order valence-electron chi connectivity index (χ3n) is 3.72. The largest absolute Gasteiger partial charge is 0.439 e. The van der Waals surface area contributed by atoms with E-state index in [-0.39, 0.29) is 12.1 Å². The molecule has 0 unspecified atom stereocenters. The number of hydrogen-bond donors (Lipinski definition) is 0. The summed E-state index contributed by atoms with van der Waals surface area (Å²) < 4.78 is 7.22. The Morgan fingerprint density at radius 2 is 1.83 bits per heavy atom. The zero-order valence-corrected chi connectivity index (χ0v) is 13.3. The first kappa shape index (κ1) is 14.7. The molecular formula is C18H12ClN3O2. The van der Waals surface area contributed by atoms with Gasteiger partial charge in [0.05, 0.1) is 23.4 Å². The van der Waals surface area contributed by atoms with Gasteiger partial charge in [0, 0.05) is 10.6 Å². The lowest BCUT2D eigenvalue weighted by atomic mass is 10.2. The molecule has 0 bridgehead atoms. The van der Waals surface area contributed by atoms with Gasteiger partial charge in [-0.05, 0) is 36.4 Å². The number of nitrogens with zero attached hydrogens (tertiary/aromatic N) is 3. The van der Waals surface area contributed by atoms with Gasteiger partial charge >= 0.3 is 0 Å². The Labute approximate surface area is 142 Å². The highest BCUT2D eigenvalue weighted by Crippen LogP contribution is 2.22. The monoisotopic (exact) mass is 337 g/mol. The smallest absolute Gasteiger partial charge is 0.261 e. The van der Waals surface area contributed by atoms with E-state index >= 15 is 0 Å². The molecular weight excluding hydrogens is 326 g/mol. The Morgan fingerprint density at radius 3 is 2.67 bits per heavy atom. The highest BCUT2D eigenvalue weighted by molar-refractivity contribution is 6.30. The zero-order valence-electron chi connectivity index (χ0n) is 12.5. The van der Waals surface area contributed by atoms with Gasteiger partial charge in [0.1, 0.15) is 6.54 Å². The number of oxazole rings is 1. The van der Waals surface area contributed by atoms with Crippen molar-refractivity contribution < 1.29 is 4.42 Å². The van der Waals surface area contributed by atoms with E-state index in [0.29, 0.717) is 27.6 Å². The van der Waals surface area contributed by atoms with Crippen molar-refractivity contribution >= 4 is 22.5 Å². The quantitative estimate of drug-likeness (QED) is 0.571. The minimum atomic E-state index is -0.119. The first-order valence-electron chi connectivity index (χ1n) is 7.35. The van der Waals surface area contributed by atoms with E-state index in [1.165, 1.54) is 10.9 Å². The second-order valence-electron chi connectivity index (χ2n) is 5.32. The van der Waals surface area contributed by atoms with Gasteiger partial charge in [-0.1, -0.05) is 23.7 Å². The lowest BCUT2D eigenvalue weighted by Crippen LogP contribution is -2.21. The van der Waals surface area contributed by atoms with Gasteiger partial charge in [-0.15, -0.1) is 0 Å². The van der Waals surface area contributed by atoms with Gasteiger partial charge in [0.25, 0.3) is 5.56 Å². The Balaban J connectivity index is 1.66. The number of fused-ring (bicyclic) bond motifs is 1. The van der Waals surface area contributed by atoms with Crippen LogP contribution in [0.5, 0.6) is 0 Å². The highest BCUT2D eigenvalue weighted by Gasteiger charge is 2.09. The summed E-state index contributed by atoms with van der Waals surface area (Å²) in [4.78, 5) is 21.0. The second-order valence-corrected chi connectivity index (χ2v) is 5.76. The molecule has 2 heterocycles. The standard InChI is InChI=1S/C18H12ClN3O2/c19-13-7-5-12(6-8-13)16-9-20-17(24-16)10-22-11-21-15-4-2-1-3-14(15)18(22)23/h1-9,11H,10H2. The fraction of sp³-hybridized carbons (Fsp3) is 0.0556. The molecule has 0 atom stereocenters. The van der Waals surface area contributed by atoms with Crippen molar-refractivity contribution in [2.24, 2.45) is 0 Å². The van der Waals surface area contributed by atoms with Gasteiger partial charge < -0.3 is 4.42 Å². The molecule has 0 aliphatic carbocycles. The average molecular weight is 338 g/mol. The van der Waals surface area contributed by atoms with E-state index < -0.39 is 0 Å². The maximum atomic E-state index is 12.5. The highest BCUT2D eigenvalue weighted by atomic mass is 35.5. The molecule has 4 rings (SSSR count). The summed E-state index contributed by atoms with van der Waals surface area (Å²) in [6.07, 6.45) is 3.15. The van der Waals surface area contributed by atoms with Gasteiger partial charge in [0.2, 0.25) is 5.89 Å². The van der Waals surface area contributed by atoms with E-state index in [1.807, 2.05) is 30.3 Å². The molecule has 2 aromatic carbocycles.